The zero-order valence-electron chi connectivity index (χ0n) is 12.2. The molecule has 0 unspecified atom stereocenters. The molecule has 0 amide bonds. The molecule has 0 saturated carbocycles. The fourth-order valence-corrected chi connectivity index (χ4v) is 2.25. The van der Waals surface area contributed by atoms with Crippen LogP contribution in [0, 0.1) is 12.7 Å². The molecule has 3 heteroatoms. The van der Waals surface area contributed by atoms with E-state index in [1.165, 1.54) is 18.7 Å². The molecule has 0 fully saturated rings. The Kier molecular flexibility index (Phi) is 4.74. The third kappa shape index (κ3) is 3.17. The Bertz CT molecular complexity index is 596. The molecule has 0 aromatic heterocycles. The molecule has 20 heavy (non-hydrogen) atoms. The maximum Gasteiger partial charge on any atom is 0.134 e. The lowest BCUT2D eigenvalue weighted by Gasteiger charge is -2.11. The van der Waals surface area contributed by atoms with Crippen LogP contribution in [0.25, 0.3) is 11.1 Å². The summed E-state index contributed by atoms with van der Waals surface area (Å²) in [6.45, 7) is 5.86. The molecule has 0 radical (unpaired) electrons. The molecule has 0 aliphatic carbocycles. The largest absolute Gasteiger partial charge is 0.497 e. The van der Waals surface area contributed by atoms with Crippen LogP contribution in [0.3, 0.4) is 0 Å². The number of nitrogens with one attached hydrogen (secondary N) is 1. The lowest BCUT2D eigenvalue weighted by Crippen LogP contribution is -2.11. The van der Waals surface area contributed by atoms with Crippen molar-refractivity contribution in [2.75, 3.05) is 13.7 Å². The summed E-state index contributed by atoms with van der Waals surface area (Å²) in [5.41, 5.74) is 3.81. The Balaban J connectivity index is 2.33. The van der Waals surface area contributed by atoms with Crippen LogP contribution in [-0.2, 0) is 6.54 Å². The second-order valence-electron chi connectivity index (χ2n) is 4.78. The van der Waals surface area contributed by atoms with Crippen LogP contribution in [0.2, 0.25) is 0 Å². The molecule has 0 aliphatic heterocycles. The van der Waals surface area contributed by atoms with Crippen molar-refractivity contribution in [2.45, 2.75) is 20.4 Å². The fourth-order valence-electron chi connectivity index (χ4n) is 2.25. The Morgan fingerprint density at radius 1 is 1.10 bits per heavy atom. The Morgan fingerprint density at radius 3 is 2.45 bits per heavy atom. The van der Waals surface area contributed by atoms with Crippen molar-refractivity contribution in [1.82, 2.24) is 5.32 Å². The van der Waals surface area contributed by atoms with Crippen molar-refractivity contribution in [2.24, 2.45) is 0 Å². The molecule has 0 aliphatic rings. The topological polar surface area (TPSA) is 21.3 Å². The highest BCUT2D eigenvalue weighted by atomic mass is 19.1. The SMILES string of the molecule is CCNCc1ccc(-c2ccc(OC)cc2F)c(C)c1. The van der Waals surface area contributed by atoms with E-state index in [2.05, 4.69) is 18.3 Å². The van der Waals surface area contributed by atoms with Crippen LogP contribution in [-0.4, -0.2) is 13.7 Å². The van der Waals surface area contributed by atoms with Gasteiger partial charge in [0, 0.05) is 18.2 Å². The molecule has 0 heterocycles. The normalized spacial score (nSPS) is 10.6. The molecule has 1 N–H and O–H groups in total. The number of rotatable bonds is 5. The third-order valence-corrected chi connectivity index (χ3v) is 3.34. The average Bonchev–Trinajstić information content (AvgIpc) is 2.45. The van der Waals surface area contributed by atoms with Gasteiger partial charge in [0.1, 0.15) is 11.6 Å². The van der Waals surface area contributed by atoms with Crippen molar-refractivity contribution < 1.29 is 9.13 Å². The van der Waals surface area contributed by atoms with Crippen molar-refractivity contribution in [3.05, 3.63) is 53.3 Å². The number of aryl methyl sites for hydroxylation is 1. The van der Waals surface area contributed by atoms with Gasteiger partial charge in [0.25, 0.3) is 0 Å². The molecule has 2 aromatic rings. The maximum absolute atomic E-state index is 14.1. The van der Waals surface area contributed by atoms with E-state index in [0.29, 0.717) is 11.3 Å². The molecule has 0 atom stereocenters. The van der Waals surface area contributed by atoms with E-state index in [1.807, 2.05) is 19.1 Å². The standard InChI is InChI=1S/C17H20FNO/c1-4-19-11-13-5-7-15(12(2)9-13)16-8-6-14(20-3)10-17(16)18/h5-10,19H,4,11H2,1-3H3. The van der Waals surface area contributed by atoms with Gasteiger partial charge in [-0.1, -0.05) is 25.1 Å². The van der Waals surface area contributed by atoms with E-state index in [1.54, 1.807) is 12.1 Å². The summed E-state index contributed by atoms with van der Waals surface area (Å²) in [5, 5.41) is 3.29. The molecule has 0 saturated heterocycles. The van der Waals surface area contributed by atoms with Gasteiger partial charge >= 0.3 is 0 Å². The van der Waals surface area contributed by atoms with Crippen LogP contribution in [0.5, 0.6) is 5.75 Å². The van der Waals surface area contributed by atoms with E-state index >= 15 is 0 Å². The van der Waals surface area contributed by atoms with Crippen LogP contribution in [0.1, 0.15) is 18.1 Å². The van der Waals surface area contributed by atoms with E-state index in [0.717, 1.165) is 24.2 Å². The van der Waals surface area contributed by atoms with Crippen LogP contribution in [0.15, 0.2) is 36.4 Å². The molecule has 2 nitrogen and oxygen atoms in total. The van der Waals surface area contributed by atoms with Crippen molar-refractivity contribution in [3.63, 3.8) is 0 Å². The van der Waals surface area contributed by atoms with Gasteiger partial charge in [0.15, 0.2) is 0 Å². The first-order valence-corrected chi connectivity index (χ1v) is 6.80. The predicted octanol–water partition coefficient (Wildman–Crippen LogP) is 3.92. The van der Waals surface area contributed by atoms with Gasteiger partial charge in [-0.05, 0) is 42.3 Å². The average molecular weight is 273 g/mol. The number of benzene rings is 2. The molecule has 2 aromatic carbocycles. The van der Waals surface area contributed by atoms with Gasteiger partial charge in [-0.25, -0.2) is 4.39 Å². The van der Waals surface area contributed by atoms with E-state index in [-0.39, 0.29) is 5.82 Å². The summed E-state index contributed by atoms with van der Waals surface area (Å²) in [6.07, 6.45) is 0. The second kappa shape index (κ2) is 6.53. The Hall–Kier alpha value is -1.87. The highest BCUT2D eigenvalue weighted by Gasteiger charge is 2.09. The second-order valence-corrected chi connectivity index (χ2v) is 4.78. The van der Waals surface area contributed by atoms with E-state index < -0.39 is 0 Å². The smallest absolute Gasteiger partial charge is 0.134 e. The van der Waals surface area contributed by atoms with Crippen molar-refractivity contribution in [3.8, 4) is 16.9 Å². The van der Waals surface area contributed by atoms with Gasteiger partial charge in [-0.3, -0.25) is 0 Å². The number of ether oxygens (including phenoxy) is 1. The summed E-state index contributed by atoms with van der Waals surface area (Å²) in [7, 11) is 1.54. The summed E-state index contributed by atoms with van der Waals surface area (Å²) in [5.74, 6) is 0.277. The molecular weight excluding hydrogens is 253 g/mol. The van der Waals surface area contributed by atoms with Gasteiger partial charge < -0.3 is 10.1 Å². The molecule has 0 bridgehead atoms. The van der Waals surface area contributed by atoms with Gasteiger partial charge in [-0.15, -0.1) is 0 Å². The Morgan fingerprint density at radius 2 is 1.85 bits per heavy atom. The number of hydrogen-bond donors (Lipinski definition) is 1. The quantitative estimate of drug-likeness (QED) is 0.891. The lowest BCUT2D eigenvalue weighted by molar-refractivity contribution is 0.411. The molecular formula is C17H20FNO. The zero-order valence-corrected chi connectivity index (χ0v) is 12.2. The first kappa shape index (κ1) is 14.5. The zero-order chi connectivity index (χ0) is 14.5. The van der Waals surface area contributed by atoms with Gasteiger partial charge in [0.05, 0.1) is 7.11 Å². The highest BCUT2D eigenvalue weighted by molar-refractivity contribution is 5.68. The minimum atomic E-state index is -0.258. The van der Waals surface area contributed by atoms with Gasteiger partial charge in [-0.2, -0.15) is 0 Å². The van der Waals surface area contributed by atoms with E-state index in [9.17, 15) is 4.39 Å². The van der Waals surface area contributed by atoms with Crippen LogP contribution >= 0.6 is 0 Å². The van der Waals surface area contributed by atoms with Gasteiger partial charge in [0.2, 0.25) is 0 Å². The molecule has 2 rings (SSSR count). The van der Waals surface area contributed by atoms with Crippen molar-refractivity contribution in [1.29, 1.82) is 0 Å². The summed E-state index contributed by atoms with van der Waals surface area (Å²) < 4.78 is 19.1. The predicted molar refractivity (Wildman–Crippen MR) is 80.5 cm³/mol. The monoisotopic (exact) mass is 273 g/mol. The summed E-state index contributed by atoms with van der Waals surface area (Å²) in [4.78, 5) is 0. The highest BCUT2D eigenvalue weighted by Crippen LogP contribution is 2.29. The maximum atomic E-state index is 14.1. The Labute approximate surface area is 119 Å². The summed E-state index contributed by atoms with van der Waals surface area (Å²) in [6, 6.07) is 11.1. The number of hydrogen-bond acceptors (Lipinski definition) is 2. The first-order valence-electron chi connectivity index (χ1n) is 6.80. The molecule has 0 spiro atoms. The molecule has 106 valence electrons. The first-order chi connectivity index (χ1) is 9.65. The van der Waals surface area contributed by atoms with Crippen molar-refractivity contribution >= 4 is 0 Å². The number of halogens is 1. The minimum absolute atomic E-state index is 0.258. The third-order valence-electron chi connectivity index (χ3n) is 3.34. The number of methoxy groups -OCH3 is 1. The lowest BCUT2D eigenvalue weighted by atomic mass is 9.98. The minimum Gasteiger partial charge on any atom is -0.497 e. The fraction of sp³-hybridized carbons (Fsp3) is 0.294. The summed E-state index contributed by atoms with van der Waals surface area (Å²) >= 11 is 0. The van der Waals surface area contributed by atoms with Crippen LogP contribution in [0.4, 0.5) is 4.39 Å². The van der Waals surface area contributed by atoms with Crippen LogP contribution < -0.4 is 10.1 Å². The van der Waals surface area contributed by atoms with E-state index in [4.69, 9.17) is 4.74 Å².